The predicted octanol–water partition coefficient (Wildman–Crippen LogP) is 1.81. The maximum atomic E-state index is 12.4. The van der Waals surface area contributed by atoms with Crippen LogP contribution in [-0.2, 0) is 4.79 Å². The summed E-state index contributed by atoms with van der Waals surface area (Å²) in [7, 11) is 0. The van der Waals surface area contributed by atoms with Crippen LogP contribution in [0.25, 0.3) is 5.69 Å². The van der Waals surface area contributed by atoms with E-state index in [9.17, 15) is 4.79 Å². The van der Waals surface area contributed by atoms with E-state index < -0.39 is 0 Å². The van der Waals surface area contributed by atoms with E-state index >= 15 is 0 Å². The molecule has 1 heterocycles. The van der Waals surface area contributed by atoms with E-state index in [1.165, 1.54) is 6.33 Å². The number of allylic oxidation sites excluding steroid dienone is 2. The molecule has 0 radical (unpaired) electrons. The number of amides is 1. The molecule has 3 atom stereocenters. The molecule has 1 saturated carbocycles. The number of hydrogen-bond acceptors (Lipinski definition) is 4. The quantitative estimate of drug-likeness (QED) is 0.871. The molecule has 1 aromatic heterocycles. The van der Waals surface area contributed by atoms with Gasteiger partial charge in [0, 0.05) is 11.6 Å². The maximum Gasteiger partial charge on any atom is 0.228 e. The number of anilines is 1. The molecule has 106 valence electrons. The fourth-order valence-corrected chi connectivity index (χ4v) is 3.32. The number of carbonyl (C=O) groups excluding carboxylic acids is 1. The Bertz CT molecular complexity index is 694. The number of nitrogens with one attached hydrogen (secondary N) is 1. The summed E-state index contributed by atoms with van der Waals surface area (Å²) < 4.78 is 1.57. The normalized spacial score (nSPS) is 26.2. The fourth-order valence-electron chi connectivity index (χ4n) is 3.32. The highest BCUT2D eigenvalue weighted by Gasteiger charge is 2.39. The summed E-state index contributed by atoms with van der Waals surface area (Å²) in [5, 5.41) is 14.1. The summed E-state index contributed by atoms with van der Waals surface area (Å²) in [5.41, 5.74) is 1.60. The van der Waals surface area contributed by atoms with Gasteiger partial charge in [-0.2, -0.15) is 0 Å². The SMILES string of the molecule is O=C(Nc1cccc(-n2cnnn2)c1)C1CC2C=CC1C2. The van der Waals surface area contributed by atoms with Crippen LogP contribution in [0, 0.1) is 17.8 Å². The third-order valence-corrected chi connectivity index (χ3v) is 4.34. The van der Waals surface area contributed by atoms with Gasteiger partial charge in [0.2, 0.25) is 5.91 Å². The van der Waals surface area contributed by atoms with Crippen molar-refractivity contribution >= 4 is 11.6 Å². The molecule has 3 unspecified atom stereocenters. The molecule has 2 aromatic rings. The van der Waals surface area contributed by atoms with Gasteiger partial charge in [-0.15, -0.1) is 5.10 Å². The van der Waals surface area contributed by atoms with Crippen molar-refractivity contribution < 1.29 is 4.79 Å². The molecule has 2 aliphatic carbocycles. The van der Waals surface area contributed by atoms with Crippen molar-refractivity contribution in [1.29, 1.82) is 0 Å². The Morgan fingerprint density at radius 1 is 1.29 bits per heavy atom. The molecule has 1 aromatic carbocycles. The van der Waals surface area contributed by atoms with E-state index in [2.05, 4.69) is 33.0 Å². The monoisotopic (exact) mass is 281 g/mol. The molecule has 1 amide bonds. The van der Waals surface area contributed by atoms with E-state index in [1.807, 2.05) is 24.3 Å². The number of rotatable bonds is 3. The van der Waals surface area contributed by atoms with Gasteiger partial charge in [0.25, 0.3) is 0 Å². The van der Waals surface area contributed by atoms with E-state index in [4.69, 9.17) is 0 Å². The predicted molar refractivity (Wildman–Crippen MR) is 76.6 cm³/mol. The largest absolute Gasteiger partial charge is 0.326 e. The van der Waals surface area contributed by atoms with Gasteiger partial charge in [-0.3, -0.25) is 4.79 Å². The number of benzene rings is 1. The van der Waals surface area contributed by atoms with E-state index in [1.54, 1.807) is 4.68 Å². The Hall–Kier alpha value is -2.50. The van der Waals surface area contributed by atoms with Crippen LogP contribution in [-0.4, -0.2) is 26.1 Å². The summed E-state index contributed by atoms with van der Waals surface area (Å²) in [6.07, 6.45) is 8.06. The topological polar surface area (TPSA) is 72.7 Å². The van der Waals surface area contributed by atoms with Crippen molar-refractivity contribution in [2.24, 2.45) is 17.8 Å². The van der Waals surface area contributed by atoms with Gasteiger partial charge in [-0.1, -0.05) is 18.2 Å². The Balaban J connectivity index is 1.51. The van der Waals surface area contributed by atoms with Crippen molar-refractivity contribution in [3.8, 4) is 5.69 Å². The minimum atomic E-state index is 0.108. The van der Waals surface area contributed by atoms with Crippen LogP contribution in [0.1, 0.15) is 12.8 Å². The molecule has 21 heavy (non-hydrogen) atoms. The zero-order valence-corrected chi connectivity index (χ0v) is 11.4. The summed E-state index contributed by atoms with van der Waals surface area (Å²) in [6.45, 7) is 0. The zero-order valence-electron chi connectivity index (χ0n) is 11.4. The van der Waals surface area contributed by atoms with Gasteiger partial charge >= 0.3 is 0 Å². The first-order valence-electron chi connectivity index (χ1n) is 7.12. The molecule has 0 saturated heterocycles. The molecule has 4 rings (SSSR count). The van der Waals surface area contributed by atoms with Gasteiger partial charge < -0.3 is 5.32 Å². The highest BCUT2D eigenvalue weighted by molar-refractivity contribution is 5.93. The lowest BCUT2D eigenvalue weighted by Crippen LogP contribution is -2.25. The van der Waals surface area contributed by atoms with E-state index in [0.29, 0.717) is 11.8 Å². The highest BCUT2D eigenvalue weighted by Crippen LogP contribution is 2.43. The summed E-state index contributed by atoms with van der Waals surface area (Å²) in [5.74, 6) is 1.23. The molecule has 0 aliphatic heterocycles. The number of nitrogens with zero attached hydrogens (tertiary/aromatic N) is 4. The van der Waals surface area contributed by atoms with Crippen LogP contribution in [0.4, 0.5) is 5.69 Å². The van der Waals surface area contributed by atoms with Gasteiger partial charge in [0.1, 0.15) is 6.33 Å². The van der Waals surface area contributed by atoms with Crippen LogP contribution >= 0.6 is 0 Å². The first-order chi connectivity index (χ1) is 10.3. The smallest absolute Gasteiger partial charge is 0.228 e. The van der Waals surface area contributed by atoms with Crippen molar-refractivity contribution in [2.45, 2.75) is 12.8 Å². The van der Waals surface area contributed by atoms with Gasteiger partial charge in [-0.25, -0.2) is 4.68 Å². The molecular weight excluding hydrogens is 266 g/mol. The number of aromatic nitrogens is 4. The standard InChI is InChI=1S/C15H15N5O/c21-15(14-7-10-4-5-11(14)6-10)17-12-2-1-3-13(8-12)20-9-16-18-19-20/h1-5,8-11,14H,6-7H2,(H,17,21). The van der Waals surface area contributed by atoms with Crippen molar-refractivity contribution in [3.63, 3.8) is 0 Å². The zero-order chi connectivity index (χ0) is 14.2. The summed E-state index contributed by atoms with van der Waals surface area (Å²) in [6, 6.07) is 7.53. The van der Waals surface area contributed by atoms with Gasteiger partial charge in [0.05, 0.1) is 5.69 Å². The minimum Gasteiger partial charge on any atom is -0.326 e. The van der Waals surface area contributed by atoms with Crippen molar-refractivity contribution in [2.75, 3.05) is 5.32 Å². The summed E-state index contributed by atoms with van der Waals surface area (Å²) in [4.78, 5) is 12.4. The van der Waals surface area contributed by atoms with Crippen molar-refractivity contribution in [1.82, 2.24) is 20.2 Å². The molecule has 0 spiro atoms. The van der Waals surface area contributed by atoms with Crippen LogP contribution < -0.4 is 5.32 Å². The highest BCUT2D eigenvalue weighted by atomic mass is 16.1. The average Bonchev–Trinajstić information content (AvgIpc) is 3.24. The second-order valence-corrected chi connectivity index (χ2v) is 5.68. The third kappa shape index (κ3) is 2.22. The van der Waals surface area contributed by atoms with E-state index in [-0.39, 0.29) is 11.8 Å². The maximum absolute atomic E-state index is 12.4. The molecule has 2 bridgehead atoms. The molecule has 1 N–H and O–H groups in total. The fraction of sp³-hybridized carbons (Fsp3) is 0.333. The first-order valence-corrected chi connectivity index (χ1v) is 7.12. The van der Waals surface area contributed by atoms with E-state index in [0.717, 1.165) is 24.2 Å². The van der Waals surface area contributed by atoms with Crippen LogP contribution in [0.5, 0.6) is 0 Å². The lowest BCUT2D eigenvalue weighted by atomic mass is 9.93. The van der Waals surface area contributed by atoms with Crippen LogP contribution in [0.2, 0.25) is 0 Å². The Kier molecular flexibility index (Phi) is 2.80. The molecule has 2 aliphatic rings. The molecular formula is C15H15N5O. The number of fused-ring (bicyclic) bond motifs is 2. The number of tetrazole rings is 1. The van der Waals surface area contributed by atoms with Crippen molar-refractivity contribution in [3.05, 3.63) is 42.7 Å². The second-order valence-electron chi connectivity index (χ2n) is 5.68. The summed E-state index contributed by atoms with van der Waals surface area (Å²) >= 11 is 0. The van der Waals surface area contributed by atoms with Crippen LogP contribution in [0.15, 0.2) is 42.7 Å². The number of hydrogen-bond donors (Lipinski definition) is 1. The first kappa shape index (κ1) is 12.3. The Labute approximate surface area is 121 Å². The molecule has 6 heteroatoms. The lowest BCUT2D eigenvalue weighted by molar-refractivity contribution is -0.120. The second kappa shape index (κ2) is 4.80. The third-order valence-electron chi connectivity index (χ3n) is 4.34. The molecule has 1 fully saturated rings. The lowest BCUT2D eigenvalue weighted by Gasteiger charge is -2.17. The molecule has 6 nitrogen and oxygen atoms in total. The average molecular weight is 281 g/mol. The number of carbonyl (C=O) groups is 1. The van der Waals surface area contributed by atoms with Gasteiger partial charge in [0.15, 0.2) is 0 Å². The Morgan fingerprint density at radius 3 is 2.95 bits per heavy atom. The Morgan fingerprint density at radius 2 is 2.24 bits per heavy atom. The van der Waals surface area contributed by atoms with Gasteiger partial charge in [-0.05, 0) is 53.3 Å². The minimum absolute atomic E-state index is 0.108. The van der Waals surface area contributed by atoms with Crippen LogP contribution in [0.3, 0.4) is 0 Å².